The van der Waals surface area contributed by atoms with E-state index in [0.29, 0.717) is 23.7 Å². The van der Waals surface area contributed by atoms with Crippen molar-refractivity contribution in [2.45, 2.75) is 45.4 Å². The van der Waals surface area contributed by atoms with Gasteiger partial charge in [-0.3, -0.25) is 9.59 Å². The Morgan fingerprint density at radius 2 is 1.95 bits per heavy atom. The molecule has 1 aliphatic carbocycles. The molecule has 1 aromatic carbocycles. The van der Waals surface area contributed by atoms with Crippen molar-refractivity contribution in [3.63, 3.8) is 0 Å². The molecule has 0 atom stereocenters. The summed E-state index contributed by atoms with van der Waals surface area (Å²) in [4.78, 5) is 23.6. The first-order valence-corrected chi connectivity index (χ1v) is 7.86. The molecule has 0 aromatic heterocycles. The highest BCUT2D eigenvalue weighted by Gasteiger charge is 2.19. The number of carbonyl (C=O) groups excluding carboxylic acids is 2. The molecule has 0 saturated heterocycles. The van der Waals surface area contributed by atoms with Crippen LogP contribution in [-0.4, -0.2) is 11.8 Å². The van der Waals surface area contributed by atoms with Crippen molar-refractivity contribution >= 4 is 27.7 Å². The third kappa shape index (κ3) is 4.17. The molecular weight excluding hydrogens is 320 g/mol. The number of rotatable bonds is 4. The van der Waals surface area contributed by atoms with Gasteiger partial charge in [-0.25, -0.2) is 0 Å². The minimum absolute atomic E-state index is 0.105. The van der Waals surface area contributed by atoms with Crippen LogP contribution in [0.15, 0.2) is 22.7 Å². The van der Waals surface area contributed by atoms with Gasteiger partial charge in [-0.05, 0) is 43.9 Å². The molecule has 1 fully saturated rings. The Balaban J connectivity index is 2.01. The highest BCUT2D eigenvalue weighted by Crippen LogP contribution is 2.28. The quantitative estimate of drug-likeness (QED) is 0.460. The summed E-state index contributed by atoms with van der Waals surface area (Å²) in [6.45, 7) is 1.47. The normalized spacial score (nSPS) is 15.9. The van der Waals surface area contributed by atoms with Gasteiger partial charge in [0.1, 0.15) is 5.75 Å². The number of esters is 1. The zero-order chi connectivity index (χ0) is 14.5. The van der Waals surface area contributed by atoms with Gasteiger partial charge in [0.2, 0.25) is 0 Å². The zero-order valence-corrected chi connectivity index (χ0v) is 13.2. The van der Waals surface area contributed by atoms with E-state index in [1.807, 2.05) is 0 Å². The van der Waals surface area contributed by atoms with Gasteiger partial charge in [-0.2, -0.15) is 0 Å². The molecule has 1 saturated carbocycles. The number of ketones is 1. The lowest BCUT2D eigenvalue weighted by Crippen LogP contribution is -2.17. The van der Waals surface area contributed by atoms with Gasteiger partial charge < -0.3 is 4.74 Å². The van der Waals surface area contributed by atoms with Crippen LogP contribution in [0.4, 0.5) is 0 Å². The van der Waals surface area contributed by atoms with Crippen molar-refractivity contribution in [3.05, 3.63) is 28.2 Å². The predicted molar refractivity (Wildman–Crippen MR) is 81.0 cm³/mol. The van der Waals surface area contributed by atoms with Crippen LogP contribution < -0.4 is 4.74 Å². The van der Waals surface area contributed by atoms with Gasteiger partial charge in [0, 0.05) is 10.9 Å². The molecule has 20 heavy (non-hydrogen) atoms. The summed E-state index contributed by atoms with van der Waals surface area (Å²) in [7, 11) is 0. The van der Waals surface area contributed by atoms with Crippen LogP contribution in [0.5, 0.6) is 5.75 Å². The monoisotopic (exact) mass is 338 g/mol. The van der Waals surface area contributed by atoms with Crippen LogP contribution in [-0.2, 0) is 4.79 Å². The van der Waals surface area contributed by atoms with E-state index < -0.39 is 0 Å². The summed E-state index contributed by atoms with van der Waals surface area (Å²) >= 11 is 3.32. The van der Waals surface area contributed by atoms with Gasteiger partial charge in [-0.15, -0.1) is 0 Å². The Bertz CT molecular complexity index is 504. The SMILES string of the molecule is CC(=O)c1cc(Br)ccc1OC(=O)CC1CCCCC1. The van der Waals surface area contributed by atoms with Crippen LogP contribution >= 0.6 is 15.9 Å². The van der Waals surface area contributed by atoms with Crippen LogP contribution in [0.25, 0.3) is 0 Å². The highest BCUT2D eigenvalue weighted by atomic mass is 79.9. The van der Waals surface area contributed by atoms with E-state index in [1.54, 1.807) is 18.2 Å². The maximum absolute atomic E-state index is 12.0. The largest absolute Gasteiger partial charge is 0.426 e. The third-order valence-electron chi connectivity index (χ3n) is 3.72. The number of hydrogen-bond donors (Lipinski definition) is 0. The van der Waals surface area contributed by atoms with Gasteiger partial charge in [0.05, 0.1) is 5.56 Å². The Morgan fingerprint density at radius 3 is 2.60 bits per heavy atom. The lowest BCUT2D eigenvalue weighted by molar-refractivity contribution is -0.135. The lowest BCUT2D eigenvalue weighted by Gasteiger charge is -2.20. The van der Waals surface area contributed by atoms with E-state index in [4.69, 9.17) is 4.74 Å². The van der Waals surface area contributed by atoms with Crippen LogP contribution in [0, 0.1) is 5.92 Å². The zero-order valence-electron chi connectivity index (χ0n) is 11.7. The van der Waals surface area contributed by atoms with E-state index in [0.717, 1.165) is 17.3 Å². The third-order valence-corrected chi connectivity index (χ3v) is 4.22. The Kier molecular flexibility index (Phi) is 5.35. The summed E-state index contributed by atoms with van der Waals surface area (Å²) in [6.07, 6.45) is 6.34. The summed E-state index contributed by atoms with van der Waals surface area (Å²) in [6, 6.07) is 5.13. The Morgan fingerprint density at radius 1 is 1.25 bits per heavy atom. The van der Waals surface area contributed by atoms with Gasteiger partial charge >= 0.3 is 5.97 Å². The summed E-state index contributed by atoms with van der Waals surface area (Å²) in [5.74, 6) is 0.461. The number of benzene rings is 1. The minimum Gasteiger partial charge on any atom is -0.426 e. The first-order chi connectivity index (χ1) is 9.56. The molecule has 0 aliphatic heterocycles. The molecule has 1 aliphatic rings. The highest BCUT2D eigenvalue weighted by molar-refractivity contribution is 9.10. The second-order valence-electron chi connectivity index (χ2n) is 5.38. The molecule has 0 spiro atoms. The molecule has 0 amide bonds. The molecule has 0 bridgehead atoms. The lowest BCUT2D eigenvalue weighted by atomic mass is 9.87. The smallest absolute Gasteiger partial charge is 0.311 e. The molecule has 2 rings (SSSR count). The first kappa shape index (κ1) is 15.2. The Labute approximate surface area is 127 Å². The van der Waals surface area contributed by atoms with Crippen LogP contribution in [0.3, 0.4) is 0 Å². The van der Waals surface area contributed by atoms with E-state index >= 15 is 0 Å². The average Bonchev–Trinajstić information content (AvgIpc) is 2.41. The number of carbonyl (C=O) groups is 2. The van der Waals surface area contributed by atoms with Crippen LogP contribution in [0.1, 0.15) is 55.8 Å². The van der Waals surface area contributed by atoms with E-state index in [-0.39, 0.29) is 11.8 Å². The molecular formula is C16H19BrO3. The van der Waals surface area contributed by atoms with E-state index in [9.17, 15) is 9.59 Å². The van der Waals surface area contributed by atoms with Crippen molar-refractivity contribution in [1.29, 1.82) is 0 Å². The minimum atomic E-state index is -0.235. The molecule has 0 heterocycles. The maximum atomic E-state index is 12.0. The van der Waals surface area contributed by atoms with E-state index in [1.165, 1.54) is 26.2 Å². The molecule has 4 heteroatoms. The van der Waals surface area contributed by atoms with Crippen molar-refractivity contribution in [2.24, 2.45) is 5.92 Å². The predicted octanol–water partition coefficient (Wildman–Crippen LogP) is 4.53. The second kappa shape index (κ2) is 7.02. The maximum Gasteiger partial charge on any atom is 0.311 e. The van der Waals surface area contributed by atoms with Crippen molar-refractivity contribution in [3.8, 4) is 5.75 Å². The topological polar surface area (TPSA) is 43.4 Å². The fraction of sp³-hybridized carbons (Fsp3) is 0.500. The molecule has 0 unspecified atom stereocenters. The van der Waals surface area contributed by atoms with Gasteiger partial charge in [0.25, 0.3) is 0 Å². The van der Waals surface area contributed by atoms with Crippen molar-refractivity contribution < 1.29 is 14.3 Å². The average molecular weight is 339 g/mol. The Hall–Kier alpha value is -1.16. The molecule has 0 radical (unpaired) electrons. The standard InChI is InChI=1S/C16H19BrO3/c1-11(18)14-10-13(17)7-8-15(14)20-16(19)9-12-5-3-2-4-6-12/h7-8,10,12H,2-6,9H2,1H3. The van der Waals surface area contributed by atoms with Gasteiger partial charge in [0.15, 0.2) is 5.78 Å². The van der Waals surface area contributed by atoms with Crippen molar-refractivity contribution in [1.82, 2.24) is 0 Å². The van der Waals surface area contributed by atoms with Gasteiger partial charge in [-0.1, -0.05) is 35.2 Å². The number of ether oxygens (including phenoxy) is 1. The summed E-state index contributed by atoms with van der Waals surface area (Å²) in [5.41, 5.74) is 0.441. The molecule has 0 N–H and O–H groups in total. The van der Waals surface area contributed by atoms with E-state index in [2.05, 4.69) is 15.9 Å². The fourth-order valence-electron chi connectivity index (χ4n) is 2.66. The summed E-state index contributed by atoms with van der Waals surface area (Å²) in [5, 5.41) is 0. The molecule has 1 aromatic rings. The van der Waals surface area contributed by atoms with Crippen molar-refractivity contribution in [2.75, 3.05) is 0 Å². The molecule has 3 nitrogen and oxygen atoms in total. The summed E-state index contributed by atoms with van der Waals surface area (Å²) < 4.78 is 6.18. The van der Waals surface area contributed by atoms with Crippen LogP contribution in [0.2, 0.25) is 0 Å². The fourth-order valence-corrected chi connectivity index (χ4v) is 3.02. The number of halogens is 1. The first-order valence-electron chi connectivity index (χ1n) is 7.07. The molecule has 108 valence electrons. The number of hydrogen-bond acceptors (Lipinski definition) is 3. The second-order valence-corrected chi connectivity index (χ2v) is 6.29. The number of Topliss-reactive ketones (excluding diaryl/α,β-unsaturated/α-hetero) is 1.